The highest BCUT2D eigenvalue weighted by atomic mass is 16.5. The fourth-order valence-corrected chi connectivity index (χ4v) is 3.09. The van der Waals surface area contributed by atoms with Gasteiger partial charge in [-0.15, -0.1) is 0 Å². The van der Waals surface area contributed by atoms with Gasteiger partial charge in [0.25, 0.3) is 0 Å². The molecule has 4 rings (SSSR count). The van der Waals surface area contributed by atoms with Gasteiger partial charge in [0.1, 0.15) is 16.9 Å². The van der Waals surface area contributed by atoms with E-state index in [-0.39, 0.29) is 5.56 Å². The van der Waals surface area contributed by atoms with Crippen LogP contribution in [0.3, 0.4) is 0 Å². The monoisotopic (exact) mass is 318 g/mol. The van der Waals surface area contributed by atoms with Crippen LogP contribution in [0.15, 0.2) is 65.1 Å². The van der Waals surface area contributed by atoms with Crippen molar-refractivity contribution in [3.8, 4) is 17.1 Å². The van der Waals surface area contributed by atoms with Crippen LogP contribution >= 0.6 is 0 Å². The topological polar surface area (TPSA) is 59.7 Å². The van der Waals surface area contributed by atoms with E-state index in [9.17, 15) is 9.90 Å². The van der Waals surface area contributed by atoms with E-state index < -0.39 is 5.97 Å². The number of carbonyl (C=O) groups is 1. The number of para-hydroxylation sites is 1. The van der Waals surface area contributed by atoms with Crippen molar-refractivity contribution in [3.63, 3.8) is 0 Å². The Morgan fingerprint density at radius 2 is 1.58 bits per heavy atom. The molecule has 0 saturated carbocycles. The first-order valence-electron chi connectivity index (χ1n) is 7.51. The minimum absolute atomic E-state index is 0.181. The molecule has 0 saturated heterocycles. The van der Waals surface area contributed by atoms with Crippen LogP contribution < -0.4 is 4.74 Å². The van der Waals surface area contributed by atoms with Crippen molar-refractivity contribution in [2.24, 2.45) is 0 Å². The summed E-state index contributed by atoms with van der Waals surface area (Å²) < 4.78 is 11.3. The second kappa shape index (κ2) is 5.42. The van der Waals surface area contributed by atoms with E-state index in [4.69, 9.17) is 9.15 Å². The van der Waals surface area contributed by atoms with Gasteiger partial charge in [-0.3, -0.25) is 0 Å². The third-order valence-electron chi connectivity index (χ3n) is 4.16. The normalized spacial score (nSPS) is 11.0. The van der Waals surface area contributed by atoms with Crippen molar-refractivity contribution < 1.29 is 19.1 Å². The van der Waals surface area contributed by atoms with Gasteiger partial charge >= 0.3 is 5.97 Å². The molecule has 1 N–H and O–H groups in total. The molecule has 1 heterocycles. The number of carboxylic acids is 1. The summed E-state index contributed by atoms with van der Waals surface area (Å²) >= 11 is 0. The van der Waals surface area contributed by atoms with E-state index in [1.54, 1.807) is 25.3 Å². The fraction of sp³-hybridized carbons (Fsp3) is 0.0500. The molecule has 0 fully saturated rings. The van der Waals surface area contributed by atoms with Crippen LogP contribution in [0.1, 0.15) is 10.4 Å². The molecule has 0 bridgehead atoms. The summed E-state index contributed by atoms with van der Waals surface area (Å²) in [7, 11) is 1.62. The average molecular weight is 318 g/mol. The van der Waals surface area contributed by atoms with Crippen molar-refractivity contribution in [1.82, 2.24) is 0 Å². The number of methoxy groups -OCH3 is 1. The van der Waals surface area contributed by atoms with E-state index in [0.29, 0.717) is 16.7 Å². The molecule has 0 amide bonds. The van der Waals surface area contributed by atoms with Gasteiger partial charge in [0.05, 0.1) is 7.11 Å². The van der Waals surface area contributed by atoms with Crippen molar-refractivity contribution >= 4 is 27.7 Å². The van der Waals surface area contributed by atoms with Crippen molar-refractivity contribution in [2.75, 3.05) is 7.11 Å². The van der Waals surface area contributed by atoms with Gasteiger partial charge in [-0.2, -0.15) is 0 Å². The van der Waals surface area contributed by atoms with E-state index in [2.05, 4.69) is 0 Å². The van der Waals surface area contributed by atoms with Crippen molar-refractivity contribution in [1.29, 1.82) is 0 Å². The highest BCUT2D eigenvalue weighted by molar-refractivity contribution is 6.11. The lowest BCUT2D eigenvalue weighted by Crippen LogP contribution is -1.97. The van der Waals surface area contributed by atoms with E-state index >= 15 is 0 Å². The maximum atomic E-state index is 11.8. The largest absolute Gasteiger partial charge is 0.496 e. The third kappa shape index (κ3) is 2.04. The molecule has 4 heteroatoms. The lowest BCUT2D eigenvalue weighted by atomic mass is 9.99. The summed E-state index contributed by atoms with van der Waals surface area (Å²) in [5, 5.41) is 12.1. The number of furan rings is 1. The Labute approximate surface area is 137 Å². The quantitative estimate of drug-likeness (QED) is 0.580. The molecule has 3 aromatic carbocycles. The van der Waals surface area contributed by atoms with Crippen molar-refractivity contribution in [2.45, 2.75) is 0 Å². The minimum Gasteiger partial charge on any atom is -0.496 e. The lowest BCUT2D eigenvalue weighted by Gasteiger charge is -2.09. The first-order valence-corrected chi connectivity index (χ1v) is 7.51. The van der Waals surface area contributed by atoms with E-state index in [0.717, 1.165) is 22.1 Å². The number of carboxylic acid groups (broad SMARTS) is 1. The van der Waals surface area contributed by atoms with Crippen LogP contribution in [-0.4, -0.2) is 18.2 Å². The Morgan fingerprint density at radius 1 is 0.917 bits per heavy atom. The predicted octanol–water partition coefficient (Wildman–Crippen LogP) is 4.96. The molecule has 0 spiro atoms. The van der Waals surface area contributed by atoms with Crippen molar-refractivity contribution in [3.05, 3.63) is 66.2 Å². The summed E-state index contributed by atoms with van der Waals surface area (Å²) in [5.74, 6) is 0.0970. The SMILES string of the molecule is COc1ccc(-c2oc3ccccc3c2C(=O)O)c2ccccc12. The molecule has 0 radical (unpaired) electrons. The van der Waals surface area contributed by atoms with Gasteiger partial charge in [-0.1, -0.05) is 42.5 Å². The summed E-state index contributed by atoms with van der Waals surface area (Å²) in [6, 6.07) is 18.6. The van der Waals surface area contributed by atoms with Gasteiger partial charge in [0.15, 0.2) is 5.76 Å². The van der Waals surface area contributed by atoms with E-state index in [1.807, 2.05) is 42.5 Å². The standard InChI is InChI=1S/C20H14O4/c1-23-16-11-10-14(12-6-2-3-7-13(12)16)19-18(20(21)22)15-8-4-5-9-17(15)24-19/h2-11H,1H3,(H,21,22). The van der Waals surface area contributed by atoms with Crippen LogP contribution in [0.4, 0.5) is 0 Å². The second-order valence-electron chi connectivity index (χ2n) is 5.47. The third-order valence-corrected chi connectivity index (χ3v) is 4.16. The molecule has 1 aromatic heterocycles. The summed E-state index contributed by atoms with van der Waals surface area (Å²) in [5.41, 5.74) is 1.48. The first-order chi connectivity index (χ1) is 11.7. The summed E-state index contributed by atoms with van der Waals surface area (Å²) in [6.07, 6.45) is 0. The molecular formula is C20H14O4. The van der Waals surface area contributed by atoms with Crippen LogP contribution in [0.25, 0.3) is 33.1 Å². The number of aromatic carboxylic acids is 1. The predicted molar refractivity (Wildman–Crippen MR) is 92.7 cm³/mol. The molecular weight excluding hydrogens is 304 g/mol. The smallest absolute Gasteiger partial charge is 0.340 e. The van der Waals surface area contributed by atoms with Crippen LogP contribution in [0.2, 0.25) is 0 Å². The van der Waals surface area contributed by atoms with Gasteiger partial charge in [0.2, 0.25) is 0 Å². The first kappa shape index (κ1) is 14.3. The Balaban J connectivity index is 2.11. The molecule has 0 unspecified atom stereocenters. The number of hydrogen-bond acceptors (Lipinski definition) is 3. The van der Waals surface area contributed by atoms with Gasteiger partial charge in [-0.05, 0) is 23.6 Å². The number of hydrogen-bond donors (Lipinski definition) is 1. The Kier molecular flexibility index (Phi) is 3.24. The Bertz CT molecular complexity index is 1080. The number of fused-ring (bicyclic) bond motifs is 2. The van der Waals surface area contributed by atoms with Gasteiger partial charge < -0.3 is 14.3 Å². The molecule has 4 aromatic rings. The van der Waals surface area contributed by atoms with Crippen LogP contribution in [-0.2, 0) is 0 Å². The zero-order valence-electron chi connectivity index (χ0n) is 12.9. The zero-order valence-corrected chi connectivity index (χ0v) is 12.9. The highest BCUT2D eigenvalue weighted by Crippen LogP contribution is 2.39. The van der Waals surface area contributed by atoms with Crippen LogP contribution in [0.5, 0.6) is 5.75 Å². The maximum Gasteiger partial charge on any atom is 0.340 e. The number of ether oxygens (including phenoxy) is 1. The summed E-state index contributed by atoms with van der Waals surface area (Å²) in [4.78, 5) is 11.8. The molecule has 0 aliphatic rings. The fourth-order valence-electron chi connectivity index (χ4n) is 3.09. The molecule has 118 valence electrons. The highest BCUT2D eigenvalue weighted by Gasteiger charge is 2.23. The zero-order chi connectivity index (χ0) is 16.7. The Hall–Kier alpha value is -3.27. The van der Waals surface area contributed by atoms with Crippen LogP contribution in [0, 0.1) is 0 Å². The molecule has 4 nitrogen and oxygen atoms in total. The Morgan fingerprint density at radius 3 is 2.29 bits per heavy atom. The molecule has 24 heavy (non-hydrogen) atoms. The van der Waals surface area contributed by atoms with Gasteiger partial charge in [-0.25, -0.2) is 4.79 Å². The summed E-state index contributed by atoms with van der Waals surface area (Å²) in [6.45, 7) is 0. The van der Waals surface area contributed by atoms with Gasteiger partial charge in [0, 0.05) is 16.3 Å². The second-order valence-corrected chi connectivity index (χ2v) is 5.47. The molecule has 0 aliphatic heterocycles. The van der Waals surface area contributed by atoms with E-state index in [1.165, 1.54) is 0 Å². The average Bonchev–Trinajstić information content (AvgIpc) is 3.00. The molecule has 0 aliphatic carbocycles. The minimum atomic E-state index is -1.00. The lowest BCUT2D eigenvalue weighted by molar-refractivity contribution is 0.0699. The maximum absolute atomic E-state index is 11.8. The number of benzene rings is 3. The molecule has 0 atom stereocenters. The number of rotatable bonds is 3.